The molecule has 0 N–H and O–H groups in total. The van der Waals surface area contributed by atoms with Crippen LogP contribution in [0.15, 0.2) is 48.8 Å². The number of imidazole rings is 1. The van der Waals surface area contributed by atoms with E-state index in [-0.39, 0.29) is 0 Å². The molecule has 5 rings (SSSR count). The number of pyridine rings is 2. The predicted octanol–water partition coefficient (Wildman–Crippen LogP) is 3.21. The van der Waals surface area contributed by atoms with Crippen molar-refractivity contribution in [1.29, 1.82) is 0 Å². The largest absolute Gasteiger partial charge is 0.354 e. The maximum Gasteiger partial charge on any atom is 0.138 e. The molecule has 0 aliphatic carbocycles. The first-order valence-electron chi connectivity index (χ1n) is 10.9. The lowest BCUT2D eigenvalue weighted by atomic mass is 10.1. The highest BCUT2D eigenvalue weighted by atomic mass is 15.3. The lowest BCUT2D eigenvalue weighted by Crippen LogP contribution is -2.47. The minimum atomic E-state index is 0.394. The predicted molar refractivity (Wildman–Crippen MR) is 116 cm³/mol. The second-order valence-electron chi connectivity index (χ2n) is 8.12. The zero-order chi connectivity index (χ0) is 19.6. The van der Waals surface area contributed by atoms with Crippen LogP contribution in [-0.2, 0) is 6.54 Å². The third-order valence-electron chi connectivity index (χ3n) is 6.44. The van der Waals surface area contributed by atoms with Crippen molar-refractivity contribution in [1.82, 2.24) is 24.2 Å². The molecule has 0 aromatic carbocycles. The zero-order valence-corrected chi connectivity index (χ0v) is 17.2. The monoisotopic (exact) mass is 390 g/mol. The summed E-state index contributed by atoms with van der Waals surface area (Å²) in [4.78, 5) is 17.3. The lowest BCUT2D eigenvalue weighted by molar-refractivity contribution is 0.241. The van der Waals surface area contributed by atoms with Gasteiger partial charge in [-0.05, 0) is 50.2 Å². The van der Waals surface area contributed by atoms with Gasteiger partial charge in [0.2, 0.25) is 0 Å². The van der Waals surface area contributed by atoms with E-state index in [0.29, 0.717) is 6.04 Å². The first-order valence-corrected chi connectivity index (χ1v) is 10.9. The van der Waals surface area contributed by atoms with Gasteiger partial charge >= 0.3 is 0 Å². The van der Waals surface area contributed by atoms with Crippen LogP contribution in [0.2, 0.25) is 0 Å². The van der Waals surface area contributed by atoms with Gasteiger partial charge in [-0.15, -0.1) is 0 Å². The van der Waals surface area contributed by atoms with E-state index < -0.39 is 0 Å². The molecule has 2 aliphatic rings. The van der Waals surface area contributed by atoms with Crippen LogP contribution in [0.5, 0.6) is 0 Å². The SMILES string of the molecule is CCN1CCN(c2c(CN3CCCC3c3ccccn3)nc3ccccn23)CC1. The van der Waals surface area contributed by atoms with E-state index in [1.165, 1.54) is 30.0 Å². The van der Waals surface area contributed by atoms with Crippen LogP contribution in [0.25, 0.3) is 5.65 Å². The van der Waals surface area contributed by atoms with E-state index in [0.717, 1.165) is 51.5 Å². The summed E-state index contributed by atoms with van der Waals surface area (Å²) in [7, 11) is 0. The molecule has 2 fully saturated rings. The maximum atomic E-state index is 5.06. The Morgan fingerprint density at radius 2 is 1.86 bits per heavy atom. The fourth-order valence-corrected chi connectivity index (χ4v) is 4.86. The van der Waals surface area contributed by atoms with E-state index in [1.54, 1.807) is 0 Å². The summed E-state index contributed by atoms with van der Waals surface area (Å²) in [5.41, 5.74) is 3.43. The molecule has 6 heteroatoms. The smallest absolute Gasteiger partial charge is 0.138 e. The average molecular weight is 391 g/mol. The Morgan fingerprint density at radius 1 is 1.00 bits per heavy atom. The molecule has 6 nitrogen and oxygen atoms in total. The van der Waals surface area contributed by atoms with Gasteiger partial charge in [-0.1, -0.05) is 19.1 Å². The molecule has 0 radical (unpaired) electrons. The van der Waals surface area contributed by atoms with E-state index >= 15 is 0 Å². The molecule has 152 valence electrons. The molecular formula is C23H30N6. The quantitative estimate of drug-likeness (QED) is 0.669. The molecule has 2 aliphatic heterocycles. The summed E-state index contributed by atoms with van der Waals surface area (Å²) in [5.74, 6) is 1.28. The lowest BCUT2D eigenvalue weighted by Gasteiger charge is -2.36. The van der Waals surface area contributed by atoms with E-state index in [9.17, 15) is 0 Å². The van der Waals surface area contributed by atoms with Gasteiger partial charge in [0.05, 0.1) is 17.4 Å². The molecule has 0 bridgehead atoms. The van der Waals surface area contributed by atoms with Crippen molar-refractivity contribution in [3.63, 3.8) is 0 Å². The summed E-state index contributed by atoms with van der Waals surface area (Å²) in [6.45, 7) is 9.74. The number of anilines is 1. The van der Waals surface area contributed by atoms with Gasteiger partial charge in [-0.25, -0.2) is 4.98 Å². The fourth-order valence-electron chi connectivity index (χ4n) is 4.86. The molecule has 5 heterocycles. The Bertz CT molecular complexity index is 944. The Morgan fingerprint density at radius 3 is 2.66 bits per heavy atom. The topological polar surface area (TPSA) is 39.9 Å². The van der Waals surface area contributed by atoms with Crippen molar-refractivity contribution in [2.24, 2.45) is 0 Å². The van der Waals surface area contributed by atoms with Gasteiger partial charge in [0.1, 0.15) is 11.5 Å². The number of aromatic nitrogens is 3. The minimum absolute atomic E-state index is 0.394. The van der Waals surface area contributed by atoms with Crippen molar-refractivity contribution >= 4 is 11.5 Å². The first kappa shape index (κ1) is 18.6. The van der Waals surface area contributed by atoms with Crippen molar-refractivity contribution in [2.45, 2.75) is 32.4 Å². The van der Waals surface area contributed by atoms with E-state index in [2.05, 4.69) is 67.5 Å². The highest BCUT2D eigenvalue weighted by Crippen LogP contribution is 2.34. The van der Waals surface area contributed by atoms with Crippen molar-refractivity contribution in [2.75, 3.05) is 44.2 Å². The van der Waals surface area contributed by atoms with Crippen molar-refractivity contribution in [3.8, 4) is 0 Å². The first-order chi connectivity index (χ1) is 14.3. The Balaban J connectivity index is 1.45. The number of rotatable bonds is 5. The van der Waals surface area contributed by atoms with Gasteiger partial charge in [-0.2, -0.15) is 0 Å². The number of nitrogens with zero attached hydrogens (tertiary/aromatic N) is 6. The Hall–Kier alpha value is -2.44. The number of likely N-dealkylation sites (N-methyl/N-ethyl adjacent to an activating group) is 1. The van der Waals surface area contributed by atoms with Gasteiger partial charge in [-0.3, -0.25) is 14.3 Å². The van der Waals surface area contributed by atoms with Crippen LogP contribution in [0.1, 0.15) is 37.2 Å². The number of hydrogen-bond donors (Lipinski definition) is 0. The summed E-state index contributed by atoms with van der Waals surface area (Å²) in [6.07, 6.45) is 6.47. The standard InChI is InChI=1S/C23H30N6/c1-2-26-14-16-27(17-15-26)23-20(25-22-10-4-6-13-29(22)23)18-28-12-7-9-21(28)19-8-3-5-11-24-19/h3-6,8,10-11,13,21H,2,7,9,12,14-18H2,1H3. The zero-order valence-electron chi connectivity index (χ0n) is 17.2. The Kier molecular flexibility index (Phi) is 5.21. The third-order valence-corrected chi connectivity index (χ3v) is 6.44. The van der Waals surface area contributed by atoms with Crippen LogP contribution in [-0.4, -0.2) is 63.4 Å². The normalized spacial score (nSPS) is 21.3. The van der Waals surface area contributed by atoms with Gasteiger partial charge < -0.3 is 9.80 Å². The molecule has 0 saturated carbocycles. The van der Waals surface area contributed by atoms with Gasteiger partial charge in [0.25, 0.3) is 0 Å². The average Bonchev–Trinajstić information content (AvgIpc) is 3.39. The highest BCUT2D eigenvalue weighted by Gasteiger charge is 2.30. The number of likely N-dealkylation sites (tertiary alicyclic amines) is 1. The second-order valence-corrected chi connectivity index (χ2v) is 8.12. The van der Waals surface area contributed by atoms with Gasteiger partial charge in [0, 0.05) is 45.1 Å². The number of fused-ring (bicyclic) bond motifs is 1. The van der Waals surface area contributed by atoms with E-state index in [4.69, 9.17) is 4.98 Å². The van der Waals surface area contributed by atoms with Crippen LogP contribution in [0.3, 0.4) is 0 Å². The number of hydrogen-bond acceptors (Lipinski definition) is 5. The fraction of sp³-hybridized carbons (Fsp3) is 0.478. The number of piperazine rings is 1. The van der Waals surface area contributed by atoms with Crippen molar-refractivity contribution in [3.05, 3.63) is 60.2 Å². The highest BCUT2D eigenvalue weighted by molar-refractivity contribution is 5.57. The molecule has 1 atom stereocenters. The van der Waals surface area contributed by atoms with Crippen LogP contribution in [0.4, 0.5) is 5.82 Å². The van der Waals surface area contributed by atoms with Crippen LogP contribution >= 0.6 is 0 Å². The summed E-state index contributed by atoms with van der Waals surface area (Å²) in [5, 5.41) is 0. The second kappa shape index (κ2) is 8.13. The molecule has 1 unspecified atom stereocenters. The molecule has 2 saturated heterocycles. The molecule has 3 aromatic rings. The maximum absolute atomic E-state index is 5.06. The van der Waals surface area contributed by atoms with Crippen LogP contribution < -0.4 is 4.90 Å². The summed E-state index contributed by atoms with van der Waals surface area (Å²) in [6, 6.07) is 13.0. The molecule has 3 aromatic heterocycles. The molecule has 0 amide bonds. The summed E-state index contributed by atoms with van der Waals surface area (Å²) >= 11 is 0. The van der Waals surface area contributed by atoms with Gasteiger partial charge in [0.15, 0.2) is 0 Å². The third kappa shape index (κ3) is 3.63. The summed E-state index contributed by atoms with van der Waals surface area (Å²) < 4.78 is 2.28. The molecular weight excluding hydrogens is 360 g/mol. The molecule has 29 heavy (non-hydrogen) atoms. The van der Waals surface area contributed by atoms with E-state index in [1.807, 2.05) is 12.3 Å². The Labute approximate surface area is 172 Å². The molecule has 0 spiro atoms. The minimum Gasteiger partial charge on any atom is -0.354 e. The van der Waals surface area contributed by atoms with Crippen LogP contribution in [0, 0.1) is 0 Å². The van der Waals surface area contributed by atoms with Crippen molar-refractivity contribution < 1.29 is 0 Å².